The van der Waals surface area contributed by atoms with Crippen molar-refractivity contribution in [1.82, 2.24) is 30.5 Å². The SMILES string of the molecule is Cc1nc(-c2ccccc2)sc1CNC(=O)Cn1cnnn1. The van der Waals surface area contributed by atoms with Gasteiger partial charge in [0.2, 0.25) is 5.91 Å². The molecule has 112 valence electrons. The number of hydrogen-bond donors (Lipinski definition) is 1. The van der Waals surface area contributed by atoms with Gasteiger partial charge in [-0.15, -0.1) is 16.4 Å². The smallest absolute Gasteiger partial charge is 0.242 e. The second-order valence-electron chi connectivity index (χ2n) is 4.68. The average Bonchev–Trinajstić information content (AvgIpc) is 3.16. The summed E-state index contributed by atoms with van der Waals surface area (Å²) in [6, 6.07) is 10.0. The van der Waals surface area contributed by atoms with Crippen LogP contribution in [0, 0.1) is 6.92 Å². The van der Waals surface area contributed by atoms with Crippen LogP contribution in [0.15, 0.2) is 36.7 Å². The Kier molecular flexibility index (Phi) is 4.19. The molecule has 1 N–H and O–H groups in total. The molecule has 7 nitrogen and oxygen atoms in total. The third-order valence-corrected chi connectivity index (χ3v) is 4.26. The van der Waals surface area contributed by atoms with E-state index in [1.54, 1.807) is 11.3 Å². The van der Waals surface area contributed by atoms with Crippen molar-refractivity contribution in [3.05, 3.63) is 47.2 Å². The van der Waals surface area contributed by atoms with Crippen molar-refractivity contribution in [2.24, 2.45) is 0 Å². The average molecular weight is 314 g/mol. The highest BCUT2D eigenvalue weighted by molar-refractivity contribution is 7.15. The molecule has 0 unspecified atom stereocenters. The molecule has 0 aliphatic carbocycles. The lowest BCUT2D eigenvalue weighted by Crippen LogP contribution is -2.27. The van der Waals surface area contributed by atoms with Crippen molar-refractivity contribution in [2.75, 3.05) is 0 Å². The second-order valence-corrected chi connectivity index (χ2v) is 5.76. The molecule has 0 bridgehead atoms. The van der Waals surface area contributed by atoms with Crippen LogP contribution in [0.25, 0.3) is 10.6 Å². The molecule has 0 fully saturated rings. The summed E-state index contributed by atoms with van der Waals surface area (Å²) >= 11 is 1.59. The summed E-state index contributed by atoms with van der Waals surface area (Å²) in [4.78, 5) is 17.4. The van der Waals surface area contributed by atoms with E-state index >= 15 is 0 Å². The number of carbonyl (C=O) groups is 1. The first-order valence-corrected chi connectivity index (χ1v) is 7.53. The summed E-state index contributed by atoms with van der Waals surface area (Å²) in [5, 5.41) is 14.5. The minimum absolute atomic E-state index is 0.108. The lowest BCUT2D eigenvalue weighted by molar-refractivity contribution is -0.122. The number of tetrazole rings is 1. The summed E-state index contributed by atoms with van der Waals surface area (Å²) in [7, 11) is 0. The largest absolute Gasteiger partial charge is 0.350 e. The zero-order chi connectivity index (χ0) is 15.4. The maximum atomic E-state index is 11.8. The van der Waals surface area contributed by atoms with Crippen LogP contribution in [-0.4, -0.2) is 31.1 Å². The highest BCUT2D eigenvalue weighted by Gasteiger charge is 2.11. The van der Waals surface area contributed by atoms with E-state index in [4.69, 9.17) is 0 Å². The molecular formula is C14H14N6OS. The molecule has 0 aliphatic rings. The third kappa shape index (κ3) is 3.34. The van der Waals surface area contributed by atoms with Gasteiger partial charge in [0, 0.05) is 10.4 Å². The summed E-state index contributed by atoms with van der Waals surface area (Å²) < 4.78 is 1.38. The molecule has 0 atom stereocenters. The van der Waals surface area contributed by atoms with E-state index in [9.17, 15) is 4.79 Å². The van der Waals surface area contributed by atoms with E-state index in [0.717, 1.165) is 21.1 Å². The van der Waals surface area contributed by atoms with E-state index in [0.29, 0.717) is 6.54 Å². The van der Waals surface area contributed by atoms with Gasteiger partial charge in [-0.05, 0) is 17.4 Å². The van der Waals surface area contributed by atoms with Gasteiger partial charge >= 0.3 is 0 Å². The molecular weight excluding hydrogens is 300 g/mol. The molecule has 0 aliphatic heterocycles. The Morgan fingerprint density at radius 2 is 2.14 bits per heavy atom. The summed E-state index contributed by atoms with van der Waals surface area (Å²) in [6.07, 6.45) is 1.41. The van der Waals surface area contributed by atoms with Crippen LogP contribution in [0.5, 0.6) is 0 Å². The summed E-state index contributed by atoms with van der Waals surface area (Å²) in [5.41, 5.74) is 2.02. The Hall–Kier alpha value is -2.61. The van der Waals surface area contributed by atoms with Gasteiger partial charge in [-0.25, -0.2) is 9.67 Å². The Bertz CT molecular complexity index is 753. The summed E-state index contributed by atoms with van der Waals surface area (Å²) in [6.45, 7) is 2.51. The van der Waals surface area contributed by atoms with Crippen molar-refractivity contribution in [1.29, 1.82) is 0 Å². The van der Waals surface area contributed by atoms with Crippen LogP contribution in [0.2, 0.25) is 0 Å². The molecule has 1 amide bonds. The molecule has 0 saturated heterocycles. The van der Waals surface area contributed by atoms with Crippen molar-refractivity contribution in [3.8, 4) is 10.6 Å². The standard InChI is InChI=1S/C14H14N6OS/c1-10-12(7-15-13(21)8-20-9-16-18-19-20)22-14(17-10)11-5-3-2-4-6-11/h2-6,9H,7-8H2,1H3,(H,15,21). The topological polar surface area (TPSA) is 85.6 Å². The monoisotopic (exact) mass is 314 g/mol. The fraction of sp³-hybridized carbons (Fsp3) is 0.214. The van der Waals surface area contributed by atoms with E-state index in [1.807, 2.05) is 37.3 Å². The van der Waals surface area contributed by atoms with Crippen LogP contribution < -0.4 is 5.32 Å². The number of hydrogen-bond acceptors (Lipinski definition) is 6. The van der Waals surface area contributed by atoms with Crippen LogP contribution in [0.4, 0.5) is 0 Å². The Morgan fingerprint density at radius 1 is 1.32 bits per heavy atom. The van der Waals surface area contributed by atoms with Crippen LogP contribution in [0.1, 0.15) is 10.6 Å². The third-order valence-electron chi connectivity index (χ3n) is 3.06. The zero-order valence-corrected chi connectivity index (χ0v) is 12.7. The van der Waals surface area contributed by atoms with Gasteiger partial charge in [-0.3, -0.25) is 4.79 Å². The molecule has 0 spiro atoms. The molecule has 22 heavy (non-hydrogen) atoms. The lowest BCUT2D eigenvalue weighted by Gasteiger charge is -2.03. The molecule has 0 saturated carbocycles. The summed E-state index contributed by atoms with van der Waals surface area (Å²) in [5.74, 6) is -0.138. The predicted molar refractivity (Wildman–Crippen MR) is 82.0 cm³/mol. The number of nitrogens with zero attached hydrogens (tertiary/aromatic N) is 5. The molecule has 1 aromatic carbocycles. The molecule has 8 heteroatoms. The number of aromatic nitrogens is 5. The normalized spacial score (nSPS) is 10.6. The van der Waals surface area contributed by atoms with Gasteiger partial charge in [-0.1, -0.05) is 30.3 Å². The Morgan fingerprint density at radius 3 is 2.86 bits per heavy atom. The Balaban J connectivity index is 1.63. The number of aryl methyl sites for hydroxylation is 1. The number of thiazole rings is 1. The number of benzene rings is 1. The predicted octanol–water partition coefficient (Wildman–Crippen LogP) is 1.42. The van der Waals surface area contributed by atoms with Crippen LogP contribution >= 0.6 is 11.3 Å². The second kappa shape index (κ2) is 6.44. The first-order valence-electron chi connectivity index (χ1n) is 6.71. The molecule has 3 rings (SSSR count). The minimum Gasteiger partial charge on any atom is -0.350 e. The van der Waals surface area contributed by atoms with E-state index in [2.05, 4.69) is 25.8 Å². The van der Waals surface area contributed by atoms with Crippen molar-refractivity contribution >= 4 is 17.2 Å². The van der Waals surface area contributed by atoms with Crippen LogP contribution in [0.3, 0.4) is 0 Å². The van der Waals surface area contributed by atoms with E-state index < -0.39 is 0 Å². The van der Waals surface area contributed by atoms with E-state index in [-0.39, 0.29) is 12.5 Å². The molecule has 0 radical (unpaired) electrons. The fourth-order valence-electron chi connectivity index (χ4n) is 1.93. The first-order chi connectivity index (χ1) is 10.7. The van der Waals surface area contributed by atoms with Gasteiger partial charge in [0.25, 0.3) is 0 Å². The van der Waals surface area contributed by atoms with Crippen molar-refractivity contribution in [3.63, 3.8) is 0 Å². The molecule has 2 aromatic heterocycles. The van der Waals surface area contributed by atoms with Gasteiger partial charge in [0.1, 0.15) is 17.9 Å². The maximum absolute atomic E-state index is 11.8. The van der Waals surface area contributed by atoms with Crippen molar-refractivity contribution in [2.45, 2.75) is 20.0 Å². The number of rotatable bonds is 5. The van der Waals surface area contributed by atoms with Crippen molar-refractivity contribution < 1.29 is 4.79 Å². The zero-order valence-electron chi connectivity index (χ0n) is 11.9. The van der Waals surface area contributed by atoms with E-state index in [1.165, 1.54) is 11.0 Å². The Labute approximate surface area is 131 Å². The maximum Gasteiger partial charge on any atom is 0.242 e. The fourth-order valence-corrected chi connectivity index (χ4v) is 2.94. The lowest BCUT2D eigenvalue weighted by atomic mass is 10.2. The quantitative estimate of drug-likeness (QED) is 0.770. The van der Waals surface area contributed by atoms with Gasteiger partial charge in [0.05, 0.1) is 12.2 Å². The molecule has 3 aromatic rings. The van der Waals surface area contributed by atoms with Crippen LogP contribution in [-0.2, 0) is 17.9 Å². The highest BCUT2D eigenvalue weighted by atomic mass is 32.1. The minimum atomic E-state index is -0.138. The highest BCUT2D eigenvalue weighted by Crippen LogP contribution is 2.27. The van der Waals surface area contributed by atoms with Gasteiger partial charge < -0.3 is 5.32 Å². The van der Waals surface area contributed by atoms with Gasteiger partial charge in [0.15, 0.2) is 0 Å². The molecule has 2 heterocycles. The number of amides is 1. The number of nitrogens with one attached hydrogen (secondary N) is 1. The first kappa shape index (κ1) is 14.3. The number of carbonyl (C=O) groups excluding carboxylic acids is 1. The van der Waals surface area contributed by atoms with Gasteiger partial charge in [-0.2, -0.15) is 0 Å².